The summed E-state index contributed by atoms with van der Waals surface area (Å²) < 4.78 is 5.33. The van der Waals surface area contributed by atoms with E-state index in [0.29, 0.717) is 13.1 Å². The zero-order valence-corrected chi connectivity index (χ0v) is 8.49. The molecular formula is C10H13N3O2. The second-order valence-corrected chi connectivity index (χ2v) is 4.05. The molecule has 0 bridgehead atoms. The molecule has 3 rings (SSSR count). The van der Waals surface area contributed by atoms with Crippen molar-refractivity contribution in [3.8, 4) is 0 Å². The highest BCUT2D eigenvalue weighted by Gasteiger charge is 2.41. The molecule has 15 heavy (non-hydrogen) atoms. The molecule has 3 aliphatic rings. The Morgan fingerprint density at radius 3 is 3.13 bits per heavy atom. The van der Waals surface area contributed by atoms with Gasteiger partial charge >= 0.3 is 5.97 Å². The lowest BCUT2D eigenvalue weighted by atomic mass is 10.0. The van der Waals surface area contributed by atoms with Gasteiger partial charge in [0, 0.05) is 12.1 Å². The van der Waals surface area contributed by atoms with Crippen LogP contribution in [0.1, 0.15) is 6.92 Å². The molecule has 0 aromatic heterocycles. The molecule has 0 spiro atoms. The van der Waals surface area contributed by atoms with Gasteiger partial charge in [-0.25, -0.2) is 10.2 Å². The molecule has 0 saturated carbocycles. The molecule has 0 aliphatic carbocycles. The van der Waals surface area contributed by atoms with Crippen molar-refractivity contribution in [1.29, 1.82) is 0 Å². The first-order valence-electron chi connectivity index (χ1n) is 5.13. The second kappa shape index (κ2) is 3.08. The minimum Gasteiger partial charge on any atom is -0.426 e. The van der Waals surface area contributed by atoms with Gasteiger partial charge in [-0.15, -0.1) is 0 Å². The smallest absolute Gasteiger partial charge is 0.334 e. The number of hydrogen-bond acceptors (Lipinski definition) is 5. The first kappa shape index (κ1) is 8.94. The third-order valence-electron chi connectivity index (χ3n) is 3.08. The quantitative estimate of drug-likeness (QED) is 0.534. The van der Waals surface area contributed by atoms with E-state index in [1.807, 2.05) is 24.1 Å². The number of hydrogen-bond donors (Lipinski definition) is 2. The lowest BCUT2D eigenvalue weighted by molar-refractivity contribution is -0.148. The van der Waals surface area contributed by atoms with Crippen LogP contribution in [0.4, 0.5) is 0 Å². The highest BCUT2D eigenvalue weighted by molar-refractivity contribution is 5.80. The number of hydrazine groups is 1. The van der Waals surface area contributed by atoms with Crippen LogP contribution in [-0.4, -0.2) is 30.0 Å². The summed E-state index contributed by atoms with van der Waals surface area (Å²) in [4.78, 5) is 13.8. The van der Waals surface area contributed by atoms with Gasteiger partial charge in [0.2, 0.25) is 0 Å². The second-order valence-electron chi connectivity index (χ2n) is 4.05. The van der Waals surface area contributed by atoms with Crippen molar-refractivity contribution in [3.63, 3.8) is 0 Å². The van der Waals surface area contributed by atoms with Gasteiger partial charge in [0.05, 0.1) is 18.8 Å². The Bertz CT molecular complexity index is 375. The van der Waals surface area contributed by atoms with E-state index in [-0.39, 0.29) is 17.9 Å². The highest BCUT2D eigenvalue weighted by atomic mass is 16.5. The van der Waals surface area contributed by atoms with Gasteiger partial charge in [-0.1, -0.05) is 13.0 Å². The number of nitrogens with one attached hydrogen (secondary N) is 2. The van der Waals surface area contributed by atoms with Crippen LogP contribution in [0.15, 0.2) is 23.7 Å². The molecule has 5 nitrogen and oxygen atoms in total. The molecule has 3 heterocycles. The van der Waals surface area contributed by atoms with E-state index >= 15 is 0 Å². The van der Waals surface area contributed by atoms with Crippen molar-refractivity contribution in [2.45, 2.75) is 13.0 Å². The van der Waals surface area contributed by atoms with E-state index in [0.717, 1.165) is 11.5 Å². The van der Waals surface area contributed by atoms with E-state index in [2.05, 4.69) is 10.9 Å². The van der Waals surface area contributed by atoms with Gasteiger partial charge in [-0.2, -0.15) is 0 Å². The molecule has 0 saturated heterocycles. The summed E-state index contributed by atoms with van der Waals surface area (Å²) in [6, 6.07) is -0.163. The summed E-state index contributed by atoms with van der Waals surface area (Å²) in [6.45, 7) is 3.28. The zero-order chi connectivity index (χ0) is 10.4. The molecule has 0 aromatic carbocycles. The van der Waals surface area contributed by atoms with Crippen LogP contribution in [0.3, 0.4) is 0 Å². The lowest BCUT2D eigenvalue weighted by Gasteiger charge is -2.37. The number of carbonyl (C=O) groups is 1. The summed E-state index contributed by atoms with van der Waals surface area (Å²) in [6.07, 6.45) is 4.03. The maximum Gasteiger partial charge on any atom is 0.334 e. The average Bonchev–Trinajstić information content (AvgIpc) is 2.62. The van der Waals surface area contributed by atoms with Crippen molar-refractivity contribution in [1.82, 2.24) is 15.8 Å². The first-order chi connectivity index (χ1) is 7.27. The molecule has 0 fully saturated rings. The van der Waals surface area contributed by atoms with Gasteiger partial charge in [0.25, 0.3) is 0 Å². The Balaban J connectivity index is 2.01. The fourth-order valence-electron chi connectivity index (χ4n) is 2.27. The Labute approximate surface area is 87.7 Å². The normalized spacial score (nSPS) is 33.9. The lowest BCUT2D eigenvalue weighted by Crippen LogP contribution is -2.52. The molecule has 2 unspecified atom stereocenters. The van der Waals surface area contributed by atoms with Crippen molar-refractivity contribution in [2.24, 2.45) is 5.92 Å². The van der Waals surface area contributed by atoms with Crippen LogP contribution in [0, 0.1) is 5.92 Å². The molecule has 0 radical (unpaired) electrons. The Hall–Kier alpha value is -1.33. The van der Waals surface area contributed by atoms with Crippen molar-refractivity contribution in [2.75, 3.05) is 13.1 Å². The fraction of sp³-hybridized carbons (Fsp3) is 0.500. The molecular weight excluding hydrogens is 194 g/mol. The van der Waals surface area contributed by atoms with E-state index in [1.54, 1.807) is 0 Å². The van der Waals surface area contributed by atoms with Crippen molar-refractivity contribution >= 4 is 5.97 Å². The predicted molar refractivity (Wildman–Crippen MR) is 53.1 cm³/mol. The summed E-state index contributed by atoms with van der Waals surface area (Å²) in [7, 11) is 0. The topological polar surface area (TPSA) is 53.6 Å². The number of nitrogens with zero attached hydrogens (tertiary/aromatic N) is 1. The van der Waals surface area contributed by atoms with Crippen molar-refractivity contribution < 1.29 is 9.53 Å². The van der Waals surface area contributed by atoms with E-state index < -0.39 is 0 Å². The van der Waals surface area contributed by atoms with E-state index in [1.165, 1.54) is 0 Å². The summed E-state index contributed by atoms with van der Waals surface area (Å²) in [5, 5.41) is 0. The Morgan fingerprint density at radius 2 is 2.27 bits per heavy atom. The predicted octanol–water partition coefficient (Wildman–Crippen LogP) is -0.303. The van der Waals surface area contributed by atoms with Gasteiger partial charge in [-0.3, -0.25) is 5.43 Å². The SMILES string of the molecule is CC1C=CN2C3=C(CNNC3)OC(=O)C12. The van der Waals surface area contributed by atoms with Crippen LogP contribution in [-0.2, 0) is 9.53 Å². The number of rotatable bonds is 0. The molecule has 5 heteroatoms. The number of ether oxygens (including phenoxy) is 1. The van der Waals surface area contributed by atoms with E-state index in [4.69, 9.17) is 4.74 Å². The first-order valence-corrected chi connectivity index (χ1v) is 5.13. The fourth-order valence-corrected chi connectivity index (χ4v) is 2.27. The minimum atomic E-state index is -0.163. The number of fused-ring (bicyclic) bond motifs is 2. The minimum absolute atomic E-state index is 0.144. The van der Waals surface area contributed by atoms with Crippen LogP contribution in [0.25, 0.3) is 0 Å². The third-order valence-corrected chi connectivity index (χ3v) is 3.08. The monoisotopic (exact) mass is 207 g/mol. The summed E-state index contributed by atoms with van der Waals surface area (Å²) in [5.74, 6) is 0.824. The van der Waals surface area contributed by atoms with Gasteiger partial charge in [0.15, 0.2) is 0 Å². The maximum absolute atomic E-state index is 11.8. The van der Waals surface area contributed by atoms with Gasteiger partial charge < -0.3 is 9.64 Å². The Morgan fingerprint density at radius 1 is 1.47 bits per heavy atom. The summed E-state index contributed by atoms with van der Waals surface area (Å²) >= 11 is 0. The summed E-state index contributed by atoms with van der Waals surface area (Å²) in [5.41, 5.74) is 7.08. The van der Waals surface area contributed by atoms with Gasteiger partial charge in [0.1, 0.15) is 11.8 Å². The molecule has 3 aliphatic heterocycles. The average molecular weight is 207 g/mol. The molecule has 80 valence electrons. The molecule has 0 amide bonds. The third kappa shape index (κ3) is 1.20. The highest BCUT2D eigenvalue weighted by Crippen LogP contribution is 2.32. The van der Waals surface area contributed by atoms with E-state index in [9.17, 15) is 4.79 Å². The molecule has 0 aromatic rings. The number of esters is 1. The molecule has 2 atom stereocenters. The van der Waals surface area contributed by atoms with Crippen LogP contribution < -0.4 is 10.9 Å². The maximum atomic E-state index is 11.8. The largest absolute Gasteiger partial charge is 0.426 e. The Kier molecular flexibility index (Phi) is 1.83. The van der Waals surface area contributed by atoms with Crippen LogP contribution in [0.2, 0.25) is 0 Å². The number of carbonyl (C=O) groups excluding carboxylic acids is 1. The standard InChI is InChI=1S/C10H13N3O2/c1-6-2-3-13-7-4-11-12-5-8(7)15-10(14)9(6)13/h2-3,6,9,11-12H,4-5H2,1H3. The zero-order valence-electron chi connectivity index (χ0n) is 8.49. The van der Waals surface area contributed by atoms with Gasteiger partial charge in [-0.05, 0) is 0 Å². The van der Waals surface area contributed by atoms with Crippen LogP contribution in [0.5, 0.6) is 0 Å². The molecule has 2 N–H and O–H groups in total. The van der Waals surface area contributed by atoms with Crippen LogP contribution >= 0.6 is 0 Å². The van der Waals surface area contributed by atoms with Crippen molar-refractivity contribution in [3.05, 3.63) is 23.7 Å².